The van der Waals surface area contributed by atoms with Gasteiger partial charge in [-0.25, -0.2) is 4.79 Å². The molecule has 11 nitrogen and oxygen atoms in total. The molecule has 1 aromatic heterocycles. The summed E-state index contributed by atoms with van der Waals surface area (Å²) in [5, 5.41) is 12.8. The number of carbonyl (C=O) groups is 3. The SMILES string of the molecule is Cc1noc(-c2ccc3c(c2)N(CC(=O)OC(C)(C)C)C(=O)c2c(OCC(=O)O)cccc2O3)n1. The van der Waals surface area contributed by atoms with Crippen molar-refractivity contribution < 1.29 is 38.2 Å². The van der Waals surface area contributed by atoms with Gasteiger partial charge in [0.05, 0.1) is 5.69 Å². The Bertz CT molecular complexity index is 1310. The third-order valence-corrected chi connectivity index (χ3v) is 4.75. The lowest BCUT2D eigenvalue weighted by molar-refractivity contribution is -0.152. The number of ether oxygens (including phenoxy) is 3. The number of benzene rings is 2. The number of hydrogen-bond donors (Lipinski definition) is 1. The van der Waals surface area contributed by atoms with E-state index in [-0.39, 0.29) is 34.4 Å². The number of carboxylic acid groups (broad SMARTS) is 1. The molecule has 2 aromatic carbocycles. The number of aryl methyl sites for hydroxylation is 1. The first-order chi connectivity index (χ1) is 16.5. The zero-order valence-electron chi connectivity index (χ0n) is 19.5. The van der Waals surface area contributed by atoms with Crippen molar-refractivity contribution in [2.24, 2.45) is 0 Å². The summed E-state index contributed by atoms with van der Waals surface area (Å²) in [4.78, 5) is 43.0. The Kier molecular flexibility index (Phi) is 6.16. The smallest absolute Gasteiger partial charge is 0.341 e. The van der Waals surface area contributed by atoms with Gasteiger partial charge in [-0.3, -0.25) is 14.5 Å². The van der Waals surface area contributed by atoms with Crippen molar-refractivity contribution in [1.82, 2.24) is 10.1 Å². The predicted molar refractivity (Wildman–Crippen MR) is 122 cm³/mol. The van der Waals surface area contributed by atoms with Gasteiger partial charge in [-0.2, -0.15) is 4.98 Å². The van der Waals surface area contributed by atoms with Crippen LogP contribution in [0.25, 0.3) is 11.5 Å². The van der Waals surface area contributed by atoms with E-state index in [0.29, 0.717) is 11.4 Å². The number of anilines is 1. The highest BCUT2D eigenvalue weighted by Crippen LogP contribution is 2.43. The molecule has 0 fully saturated rings. The topological polar surface area (TPSA) is 141 Å². The van der Waals surface area contributed by atoms with Crippen LogP contribution in [0.15, 0.2) is 40.9 Å². The van der Waals surface area contributed by atoms with Crippen LogP contribution >= 0.6 is 0 Å². The number of rotatable bonds is 6. The third kappa shape index (κ3) is 5.24. The molecular formula is C24H23N3O8. The Labute approximate surface area is 200 Å². The van der Waals surface area contributed by atoms with Crippen LogP contribution in [0.2, 0.25) is 0 Å². The van der Waals surface area contributed by atoms with Crippen molar-refractivity contribution >= 4 is 23.5 Å². The number of aromatic nitrogens is 2. The number of fused-ring (bicyclic) bond motifs is 2. The Balaban J connectivity index is 1.82. The van der Waals surface area contributed by atoms with E-state index in [2.05, 4.69) is 10.1 Å². The molecule has 0 radical (unpaired) electrons. The maximum Gasteiger partial charge on any atom is 0.341 e. The number of carboxylic acids is 1. The highest BCUT2D eigenvalue weighted by atomic mass is 16.6. The van der Waals surface area contributed by atoms with Gasteiger partial charge in [0.15, 0.2) is 18.2 Å². The molecule has 0 saturated carbocycles. The summed E-state index contributed by atoms with van der Waals surface area (Å²) in [5.41, 5.74) is -0.0382. The molecule has 0 saturated heterocycles. The normalized spacial score (nSPS) is 12.8. The summed E-state index contributed by atoms with van der Waals surface area (Å²) in [5.74, 6) is -1.42. The average molecular weight is 481 g/mol. The van der Waals surface area contributed by atoms with Gasteiger partial charge in [0.2, 0.25) is 0 Å². The lowest BCUT2D eigenvalue weighted by atomic mass is 10.1. The average Bonchev–Trinajstić information content (AvgIpc) is 3.16. The van der Waals surface area contributed by atoms with Gasteiger partial charge >= 0.3 is 11.9 Å². The van der Waals surface area contributed by atoms with Gasteiger partial charge in [0.25, 0.3) is 11.8 Å². The number of carbonyl (C=O) groups excluding carboxylic acids is 2. The fraction of sp³-hybridized carbons (Fsp3) is 0.292. The molecule has 1 N–H and O–H groups in total. The summed E-state index contributed by atoms with van der Waals surface area (Å²) in [6.07, 6.45) is 0. The maximum absolute atomic E-state index is 13.8. The molecule has 0 unspecified atom stereocenters. The first-order valence-electron chi connectivity index (χ1n) is 10.7. The number of amides is 1. The monoisotopic (exact) mass is 481 g/mol. The molecule has 182 valence electrons. The van der Waals surface area contributed by atoms with Gasteiger partial charge in [0.1, 0.15) is 29.2 Å². The molecule has 4 rings (SSSR count). The molecular weight excluding hydrogens is 458 g/mol. The molecule has 0 aliphatic carbocycles. The Morgan fingerprint density at radius 1 is 1.14 bits per heavy atom. The van der Waals surface area contributed by atoms with Crippen molar-refractivity contribution in [3.8, 4) is 28.7 Å². The Morgan fingerprint density at radius 2 is 1.91 bits per heavy atom. The van der Waals surface area contributed by atoms with Crippen LogP contribution < -0.4 is 14.4 Å². The van der Waals surface area contributed by atoms with E-state index in [1.165, 1.54) is 11.0 Å². The second kappa shape index (κ2) is 9.09. The van der Waals surface area contributed by atoms with E-state index in [4.69, 9.17) is 23.8 Å². The van der Waals surface area contributed by atoms with Crippen LogP contribution in [0.4, 0.5) is 5.69 Å². The number of hydrogen-bond acceptors (Lipinski definition) is 9. The molecule has 2 heterocycles. The van der Waals surface area contributed by atoms with E-state index in [1.54, 1.807) is 58.0 Å². The van der Waals surface area contributed by atoms with Crippen LogP contribution in [0.1, 0.15) is 37.0 Å². The van der Waals surface area contributed by atoms with Gasteiger partial charge < -0.3 is 23.8 Å². The number of nitrogens with zero attached hydrogens (tertiary/aromatic N) is 3. The van der Waals surface area contributed by atoms with Crippen LogP contribution in [-0.4, -0.2) is 51.8 Å². The quantitative estimate of drug-likeness (QED) is 0.519. The molecule has 1 aliphatic rings. The Morgan fingerprint density at radius 3 is 2.57 bits per heavy atom. The minimum atomic E-state index is -1.21. The zero-order valence-corrected chi connectivity index (χ0v) is 19.5. The van der Waals surface area contributed by atoms with Crippen molar-refractivity contribution in [3.63, 3.8) is 0 Å². The second-order valence-electron chi connectivity index (χ2n) is 8.72. The highest BCUT2D eigenvalue weighted by molar-refractivity contribution is 6.13. The van der Waals surface area contributed by atoms with E-state index in [1.807, 2.05) is 0 Å². The first-order valence-corrected chi connectivity index (χ1v) is 10.7. The minimum Gasteiger partial charge on any atom is -0.481 e. The second-order valence-corrected chi connectivity index (χ2v) is 8.72. The van der Waals surface area contributed by atoms with Crippen LogP contribution in [0, 0.1) is 6.92 Å². The molecule has 11 heteroatoms. The predicted octanol–water partition coefficient (Wildman–Crippen LogP) is 3.60. The van der Waals surface area contributed by atoms with E-state index < -0.39 is 36.6 Å². The fourth-order valence-corrected chi connectivity index (χ4v) is 3.45. The van der Waals surface area contributed by atoms with Crippen LogP contribution in [-0.2, 0) is 14.3 Å². The fourth-order valence-electron chi connectivity index (χ4n) is 3.45. The molecule has 0 bridgehead atoms. The van der Waals surface area contributed by atoms with Gasteiger partial charge in [0, 0.05) is 5.56 Å². The summed E-state index contributed by atoms with van der Waals surface area (Å²) >= 11 is 0. The van der Waals surface area contributed by atoms with Gasteiger partial charge in [-0.15, -0.1) is 0 Å². The summed E-state index contributed by atoms with van der Waals surface area (Å²) < 4.78 is 22.0. The van der Waals surface area contributed by atoms with E-state index >= 15 is 0 Å². The first kappa shape index (κ1) is 23.7. The van der Waals surface area contributed by atoms with Crippen molar-refractivity contribution in [2.75, 3.05) is 18.1 Å². The van der Waals surface area contributed by atoms with Crippen LogP contribution in [0.3, 0.4) is 0 Å². The number of esters is 1. The molecule has 1 aliphatic heterocycles. The molecule has 3 aromatic rings. The molecule has 0 spiro atoms. The summed E-state index contributed by atoms with van der Waals surface area (Å²) in [6.45, 7) is 5.72. The summed E-state index contributed by atoms with van der Waals surface area (Å²) in [7, 11) is 0. The van der Waals surface area contributed by atoms with E-state index in [0.717, 1.165) is 0 Å². The number of aliphatic carboxylic acids is 1. The Hall–Kier alpha value is -4.41. The van der Waals surface area contributed by atoms with Crippen LogP contribution in [0.5, 0.6) is 17.2 Å². The van der Waals surface area contributed by atoms with Crippen molar-refractivity contribution in [2.45, 2.75) is 33.3 Å². The van der Waals surface area contributed by atoms with E-state index in [9.17, 15) is 14.4 Å². The van der Waals surface area contributed by atoms with Gasteiger partial charge in [-0.1, -0.05) is 11.2 Å². The molecule has 1 amide bonds. The summed E-state index contributed by atoms with van der Waals surface area (Å²) in [6, 6.07) is 9.46. The van der Waals surface area contributed by atoms with Crippen molar-refractivity contribution in [3.05, 3.63) is 47.8 Å². The lowest BCUT2D eigenvalue weighted by Gasteiger charge is -2.25. The molecule has 0 atom stereocenters. The van der Waals surface area contributed by atoms with Crippen molar-refractivity contribution in [1.29, 1.82) is 0 Å². The zero-order chi connectivity index (χ0) is 25.3. The largest absolute Gasteiger partial charge is 0.481 e. The highest BCUT2D eigenvalue weighted by Gasteiger charge is 2.34. The standard InChI is InChI=1S/C24H23N3O8/c1-13-25-22(35-26-13)14-8-9-16-15(10-14)27(11-20(30)34-24(2,3)4)23(31)21-17(32-12-19(28)29)6-5-7-18(21)33-16/h5-10H,11-12H2,1-4H3,(H,28,29). The lowest BCUT2D eigenvalue weighted by Crippen LogP contribution is -2.38. The maximum atomic E-state index is 13.8. The third-order valence-electron chi connectivity index (χ3n) is 4.75. The van der Waals surface area contributed by atoms with Gasteiger partial charge in [-0.05, 0) is 58.0 Å². The molecule has 35 heavy (non-hydrogen) atoms. The minimum absolute atomic E-state index is 0.00430.